The van der Waals surface area contributed by atoms with Crippen LogP contribution in [0.4, 0.5) is 5.13 Å². The molecule has 0 atom stereocenters. The SMILES string of the molecule is Cc1ccc(SCCC(=O)N(CCCN(C)C)c2nc3ccc(C)cc3s2)cc1.Cl. The Labute approximate surface area is 194 Å². The lowest BCUT2D eigenvalue weighted by Gasteiger charge is -2.21. The van der Waals surface area contributed by atoms with Crippen molar-refractivity contribution < 1.29 is 4.79 Å². The number of carbonyl (C=O) groups is 1. The molecule has 0 saturated heterocycles. The first-order valence-corrected chi connectivity index (χ1v) is 11.7. The van der Waals surface area contributed by atoms with E-state index in [2.05, 4.69) is 69.2 Å². The molecule has 0 aliphatic heterocycles. The van der Waals surface area contributed by atoms with E-state index in [4.69, 9.17) is 4.98 Å². The zero-order valence-corrected chi connectivity index (χ0v) is 20.5. The molecule has 30 heavy (non-hydrogen) atoms. The number of halogens is 1. The molecule has 0 aliphatic rings. The number of aromatic nitrogens is 1. The Morgan fingerprint density at radius 3 is 2.43 bits per heavy atom. The third-order valence-electron chi connectivity index (χ3n) is 4.66. The fraction of sp³-hybridized carbons (Fsp3) is 0.391. The van der Waals surface area contributed by atoms with Crippen LogP contribution in [0.25, 0.3) is 10.2 Å². The molecule has 4 nitrogen and oxygen atoms in total. The highest BCUT2D eigenvalue weighted by Crippen LogP contribution is 2.30. The van der Waals surface area contributed by atoms with Gasteiger partial charge in [-0.3, -0.25) is 9.69 Å². The number of aryl methyl sites for hydroxylation is 2. The lowest BCUT2D eigenvalue weighted by Crippen LogP contribution is -2.33. The van der Waals surface area contributed by atoms with Crippen molar-refractivity contribution in [2.45, 2.75) is 31.6 Å². The normalized spacial score (nSPS) is 11.0. The lowest BCUT2D eigenvalue weighted by atomic mass is 10.2. The highest BCUT2D eigenvalue weighted by molar-refractivity contribution is 7.99. The van der Waals surface area contributed by atoms with Gasteiger partial charge in [-0.1, -0.05) is 35.1 Å². The summed E-state index contributed by atoms with van der Waals surface area (Å²) >= 11 is 3.34. The molecule has 3 rings (SSSR count). The first kappa shape index (κ1) is 24.7. The fourth-order valence-corrected chi connectivity index (χ4v) is 4.98. The number of fused-ring (bicyclic) bond motifs is 1. The summed E-state index contributed by atoms with van der Waals surface area (Å²) in [5, 5.41) is 0.815. The number of benzene rings is 2. The first-order valence-electron chi connectivity index (χ1n) is 9.94. The molecule has 162 valence electrons. The molecule has 0 N–H and O–H groups in total. The number of amides is 1. The van der Waals surface area contributed by atoms with Crippen LogP contribution in [0.3, 0.4) is 0 Å². The van der Waals surface area contributed by atoms with Gasteiger partial charge in [0.1, 0.15) is 0 Å². The second-order valence-corrected chi connectivity index (χ2v) is 9.76. The smallest absolute Gasteiger partial charge is 0.229 e. The Morgan fingerprint density at radius 2 is 1.73 bits per heavy atom. The summed E-state index contributed by atoms with van der Waals surface area (Å²) in [7, 11) is 4.12. The van der Waals surface area contributed by atoms with Crippen molar-refractivity contribution in [3.63, 3.8) is 0 Å². The standard InChI is InChI=1S/C23H29N3OS2.ClH/c1-17-6-9-19(10-7-17)28-15-12-22(27)26(14-5-13-25(3)4)23-24-20-11-8-18(2)16-21(20)29-23;/h6-11,16H,5,12-15H2,1-4H3;1H. The molecule has 0 unspecified atom stereocenters. The van der Waals surface area contributed by atoms with Crippen molar-refractivity contribution in [3.05, 3.63) is 53.6 Å². The van der Waals surface area contributed by atoms with Crippen LogP contribution in [0, 0.1) is 13.8 Å². The summed E-state index contributed by atoms with van der Waals surface area (Å²) < 4.78 is 1.14. The predicted molar refractivity (Wildman–Crippen MR) is 134 cm³/mol. The minimum Gasteiger partial charge on any atom is -0.309 e. The Hall–Kier alpha value is -1.60. The van der Waals surface area contributed by atoms with Crippen molar-refractivity contribution in [2.24, 2.45) is 0 Å². The van der Waals surface area contributed by atoms with Gasteiger partial charge in [-0.05, 0) is 70.7 Å². The van der Waals surface area contributed by atoms with Gasteiger partial charge in [0.05, 0.1) is 10.2 Å². The van der Waals surface area contributed by atoms with E-state index in [1.54, 1.807) is 23.1 Å². The molecule has 0 radical (unpaired) electrons. The van der Waals surface area contributed by atoms with Gasteiger partial charge >= 0.3 is 0 Å². The lowest BCUT2D eigenvalue weighted by molar-refractivity contribution is -0.118. The van der Waals surface area contributed by atoms with Gasteiger partial charge in [-0.2, -0.15) is 0 Å². The van der Waals surface area contributed by atoms with Crippen molar-refractivity contribution in [3.8, 4) is 0 Å². The molecule has 0 saturated carbocycles. The minimum atomic E-state index is 0. The molecule has 1 heterocycles. The average molecular weight is 464 g/mol. The van der Waals surface area contributed by atoms with Crippen molar-refractivity contribution in [1.29, 1.82) is 0 Å². The number of hydrogen-bond acceptors (Lipinski definition) is 5. The second kappa shape index (κ2) is 11.7. The maximum Gasteiger partial charge on any atom is 0.229 e. The summed E-state index contributed by atoms with van der Waals surface area (Å²) in [5.74, 6) is 0.926. The molecular formula is C23H30ClN3OS2. The van der Waals surface area contributed by atoms with Crippen molar-refractivity contribution in [2.75, 3.05) is 37.8 Å². The van der Waals surface area contributed by atoms with E-state index in [9.17, 15) is 4.79 Å². The molecule has 1 amide bonds. The van der Waals surface area contributed by atoms with Crippen molar-refractivity contribution >= 4 is 56.8 Å². The number of hydrogen-bond donors (Lipinski definition) is 0. The maximum atomic E-state index is 13.1. The molecule has 0 spiro atoms. The number of thiazole rings is 1. The molecule has 0 fully saturated rings. The first-order chi connectivity index (χ1) is 13.9. The fourth-order valence-electron chi connectivity index (χ4n) is 3.03. The minimum absolute atomic E-state index is 0. The Balaban J connectivity index is 0.00000320. The number of carbonyl (C=O) groups excluding carboxylic acids is 1. The van der Waals surface area contributed by atoms with Crippen LogP contribution in [-0.4, -0.2) is 48.7 Å². The Morgan fingerprint density at radius 1 is 1.03 bits per heavy atom. The van der Waals surface area contributed by atoms with E-state index >= 15 is 0 Å². The predicted octanol–water partition coefficient (Wildman–Crippen LogP) is 5.80. The number of thioether (sulfide) groups is 1. The van der Waals surface area contributed by atoms with Gasteiger partial charge in [-0.15, -0.1) is 24.2 Å². The van der Waals surface area contributed by atoms with E-state index < -0.39 is 0 Å². The molecular weight excluding hydrogens is 434 g/mol. The number of rotatable bonds is 9. The molecule has 1 aromatic heterocycles. The van der Waals surface area contributed by atoms with Crippen LogP contribution in [-0.2, 0) is 4.79 Å². The van der Waals surface area contributed by atoms with E-state index in [-0.39, 0.29) is 18.3 Å². The number of anilines is 1. The Kier molecular flexibility index (Phi) is 9.62. The Bertz CT molecular complexity index is 957. The quantitative estimate of drug-likeness (QED) is 0.375. The highest BCUT2D eigenvalue weighted by atomic mass is 35.5. The van der Waals surface area contributed by atoms with Gasteiger partial charge in [0.15, 0.2) is 5.13 Å². The van der Waals surface area contributed by atoms with Crippen LogP contribution >= 0.6 is 35.5 Å². The third-order valence-corrected chi connectivity index (χ3v) is 6.71. The van der Waals surface area contributed by atoms with Crippen LogP contribution in [0.5, 0.6) is 0 Å². The van der Waals surface area contributed by atoms with E-state index in [0.717, 1.165) is 34.1 Å². The average Bonchev–Trinajstić information content (AvgIpc) is 3.09. The van der Waals surface area contributed by atoms with Crippen molar-refractivity contribution in [1.82, 2.24) is 9.88 Å². The molecule has 7 heteroatoms. The summed E-state index contributed by atoms with van der Waals surface area (Å²) in [6.07, 6.45) is 1.44. The molecule has 0 bridgehead atoms. The summed E-state index contributed by atoms with van der Waals surface area (Å²) in [4.78, 5) is 23.1. The maximum absolute atomic E-state index is 13.1. The topological polar surface area (TPSA) is 36.4 Å². The molecule has 3 aromatic rings. The highest BCUT2D eigenvalue weighted by Gasteiger charge is 2.19. The monoisotopic (exact) mass is 463 g/mol. The van der Waals surface area contributed by atoms with Crippen LogP contribution < -0.4 is 4.90 Å². The molecule has 2 aromatic carbocycles. The van der Waals surface area contributed by atoms with E-state index in [0.29, 0.717) is 13.0 Å². The van der Waals surface area contributed by atoms with Crippen LogP contribution in [0.15, 0.2) is 47.4 Å². The zero-order chi connectivity index (χ0) is 20.8. The van der Waals surface area contributed by atoms with Crippen LogP contribution in [0.1, 0.15) is 24.0 Å². The van der Waals surface area contributed by atoms with Crippen LogP contribution in [0.2, 0.25) is 0 Å². The van der Waals surface area contributed by atoms with E-state index in [1.807, 2.05) is 11.0 Å². The van der Waals surface area contributed by atoms with Gasteiger partial charge < -0.3 is 4.90 Å². The van der Waals surface area contributed by atoms with Gasteiger partial charge in [0.25, 0.3) is 0 Å². The van der Waals surface area contributed by atoms with Gasteiger partial charge in [-0.25, -0.2) is 4.98 Å². The largest absolute Gasteiger partial charge is 0.309 e. The van der Waals surface area contributed by atoms with E-state index in [1.165, 1.54) is 16.0 Å². The van der Waals surface area contributed by atoms with Gasteiger partial charge in [0, 0.05) is 23.6 Å². The summed E-state index contributed by atoms with van der Waals surface area (Å²) in [5.41, 5.74) is 3.44. The zero-order valence-electron chi connectivity index (χ0n) is 18.1. The third kappa shape index (κ3) is 6.98. The second-order valence-electron chi connectivity index (χ2n) is 7.58. The summed E-state index contributed by atoms with van der Waals surface area (Å²) in [6, 6.07) is 14.7. The molecule has 0 aliphatic carbocycles. The number of nitrogens with zero attached hydrogens (tertiary/aromatic N) is 3. The van der Waals surface area contributed by atoms with Gasteiger partial charge in [0.2, 0.25) is 5.91 Å². The summed E-state index contributed by atoms with van der Waals surface area (Å²) in [6.45, 7) is 5.82.